The number of hydrogen-bond acceptors (Lipinski definition) is 3. The van der Waals surface area contributed by atoms with Crippen molar-refractivity contribution in [3.8, 4) is 0 Å². The van der Waals surface area contributed by atoms with Crippen molar-refractivity contribution in [2.24, 2.45) is 7.05 Å². The SMILES string of the molecule is CCCn1cc[n+](C)c1.O=S(=O)([O-])O. The predicted octanol–water partition coefficient (Wildman–Crippen LogP) is -0.273. The van der Waals surface area contributed by atoms with Gasteiger partial charge in [0.2, 0.25) is 16.7 Å². The van der Waals surface area contributed by atoms with E-state index in [1.165, 1.54) is 6.42 Å². The second-order valence-corrected chi connectivity index (χ2v) is 3.60. The Kier molecular flexibility index (Phi) is 5.36. The first-order valence-corrected chi connectivity index (χ1v) is 5.38. The summed E-state index contributed by atoms with van der Waals surface area (Å²) in [6, 6.07) is 0. The number of aromatic nitrogens is 2. The monoisotopic (exact) mass is 222 g/mol. The van der Waals surface area contributed by atoms with Gasteiger partial charge in [-0.1, -0.05) is 6.92 Å². The number of hydrogen-bond donors (Lipinski definition) is 1. The van der Waals surface area contributed by atoms with Crippen LogP contribution in [-0.2, 0) is 24.0 Å². The molecule has 1 heterocycles. The summed E-state index contributed by atoms with van der Waals surface area (Å²) >= 11 is 0. The summed E-state index contributed by atoms with van der Waals surface area (Å²) in [4.78, 5) is 0. The van der Waals surface area contributed by atoms with Crippen LogP contribution in [0.4, 0.5) is 0 Å². The zero-order valence-corrected chi connectivity index (χ0v) is 8.94. The predicted molar refractivity (Wildman–Crippen MR) is 48.2 cm³/mol. The fourth-order valence-electron chi connectivity index (χ4n) is 0.892. The van der Waals surface area contributed by atoms with E-state index in [0.717, 1.165) is 6.54 Å². The van der Waals surface area contributed by atoms with Crippen LogP contribution in [0.2, 0.25) is 0 Å². The molecule has 0 amide bonds. The van der Waals surface area contributed by atoms with Gasteiger partial charge in [0, 0.05) is 0 Å². The molecule has 0 saturated carbocycles. The molecule has 6 nitrogen and oxygen atoms in total. The molecule has 0 radical (unpaired) electrons. The molecule has 0 atom stereocenters. The third-order valence-corrected chi connectivity index (χ3v) is 1.31. The number of imidazole rings is 1. The third kappa shape index (κ3) is 9.17. The van der Waals surface area contributed by atoms with Crippen molar-refractivity contribution < 1.29 is 22.1 Å². The van der Waals surface area contributed by atoms with Crippen molar-refractivity contribution in [2.45, 2.75) is 19.9 Å². The molecule has 7 heteroatoms. The molecule has 1 rings (SSSR count). The Labute approximate surface area is 83.4 Å². The average molecular weight is 222 g/mol. The fourth-order valence-corrected chi connectivity index (χ4v) is 0.892. The van der Waals surface area contributed by atoms with Crippen molar-refractivity contribution in [2.75, 3.05) is 0 Å². The quantitative estimate of drug-likeness (QED) is 0.424. The highest BCUT2D eigenvalue weighted by Crippen LogP contribution is 1.85. The van der Waals surface area contributed by atoms with Gasteiger partial charge in [-0.25, -0.2) is 17.6 Å². The normalized spacial score (nSPS) is 10.6. The number of nitrogens with zero attached hydrogens (tertiary/aromatic N) is 2. The van der Waals surface area contributed by atoms with Gasteiger partial charge in [0.25, 0.3) is 0 Å². The van der Waals surface area contributed by atoms with Crippen LogP contribution in [0.3, 0.4) is 0 Å². The van der Waals surface area contributed by atoms with Crippen LogP contribution in [0.1, 0.15) is 13.3 Å². The maximum absolute atomic E-state index is 8.63. The van der Waals surface area contributed by atoms with Crippen LogP contribution >= 0.6 is 0 Å². The highest BCUT2D eigenvalue weighted by Gasteiger charge is 1.94. The van der Waals surface area contributed by atoms with E-state index in [-0.39, 0.29) is 0 Å². The van der Waals surface area contributed by atoms with Gasteiger partial charge < -0.3 is 4.55 Å². The molecule has 0 aliphatic carbocycles. The first-order chi connectivity index (χ1) is 6.33. The van der Waals surface area contributed by atoms with Crippen molar-refractivity contribution >= 4 is 10.4 Å². The Bertz CT molecular complexity index is 350. The number of rotatable bonds is 2. The Morgan fingerprint density at radius 1 is 1.57 bits per heavy atom. The fraction of sp³-hybridized carbons (Fsp3) is 0.571. The minimum Gasteiger partial charge on any atom is -0.726 e. The minimum atomic E-state index is -4.92. The molecule has 0 fully saturated rings. The van der Waals surface area contributed by atoms with E-state index < -0.39 is 10.4 Å². The summed E-state index contributed by atoms with van der Waals surface area (Å²) in [5.41, 5.74) is 0. The second-order valence-electron chi connectivity index (χ2n) is 2.74. The molecule has 0 aliphatic heterocycles. The van der Waals surface area contributed by atoms with Gasteiger partial charge in [-0.3, -0.25) is 4.55 Å². The van der Waals surface area contributed by atoms with Crippen molar-refractivity contribution in [1.82, 2.24) is 4.57 Å². The maximum Gasteiger partial charge on any atom is 0.243 e. The van der Waals surface area contributed by atoms with E-state index in [0.29, 0.717) is 0 Å². The van der Waals surface area contributed by atoms with E-state index in [4.69, 9.17) is 17.5 Å². The molecule has 1 N–H and O–H groups in total. The zero-order valence-electron chi connectivity index (χ0n) is 8.12. The van der Waals surface area contributed by atoms with Gasteiger partial charge in [-0.15, -0.1) is 0 Å². The Balaban J connectivity index is 0.000000292. The number of aryl methyl sites for hydroxylation is 2. The summed E-state index contributed by atoms with van der Waals surface area (Å²) < 4.78 is 37.1. The molecule has 0 aromatic carbocycles. The van der Waals surface area contributed by atoms with Crippen molar-refractivity contribution in [3.63, 3.8) is 0 Å². The molecule has 1 aromatic rings. The molecule has 0 unspecified atom stereocenters. The van der Waals surface area contributed by atoms with Crippen LogP contribution < -0.4 is 4.57 Å². The van der Waals surface area contributed by atoms with Gasteiger partial charge in [0.05, 0.1) is 13.6 Å². The first kappa shape index (κ1) is 13.1. The van der Waals surface area contributed by atoms with Gasteiger partial charge in [0.15, 0.2) is 0 Å². The Morgan fingerprint density at radius 2 is 2.07 bits per heavy atom. The average Bonchev–Trinajstić information content (AvgIpc) is 2.32. The Morgan fingerprint density at radius 3 is 2.36 bits per heavy atom. The van der Waals surface area contributed by atoms with Crippen LogP contribution in [0.25, 0.3) is 0 Å². The lowest BCUT2D eigenvalue weighted by Gasteiger charge is -1.88. The van der Waals surface area contributed by atoms with Gasteiger partial charge in [0.1, 0.15) is 12.4 Å². The molecule has 1 aromatic heterocycles. The molecular weight excluding hydrogens is 208 g/mol. The van der Waals surface area contributed by atoms with Gasteiger partial charge in [-0.2, -0.15) is 0 Å². The molecule has 0 saturated heterocycles. The lowest BCUT2D eigenvalue weighted by atomic mass is 10.5. The van der Waals surface area contributed by atoms with Crippen LogP contribution in [0.15, 0.2) is 18.7 Å². The molecule has 0 spiro atoms. The summed E-state index contributed by atoms with van der Waals surface area (Å²) in [6.45, 7) is 3.31. The highest BCUT2D eigenvalue weighted by molar-refractivity contribution is 7.79. The van der Waals surface area contributed by atoms with Crippen LogP contribution in [0, 0.1) is 0 Å². The summed E-state index contributed by atoms with van der Waals surface area (Å²) in [7, 11) is -2.88. The van der Waals surface area contributed by atoms with Crippen molar-refractivity contribution in [1.29, 1.82) is 0 Å². The topological polar surface area (TPSA) is 86.2 Å². The van der Waals surface area contributed by atoms with E-state index in [9.17, 15) is 0 Å². The van der Waals surface area contributed by atoms with E-state index in [2.05, 4.69) is 34.8 Å². The molecule has 0 bridgehead atoms. The maximum atomic E-state index is 8.63. The molecular formula is C7H14N2O4S. The lowest BCUT2D eigenvalue weighted by molar-refractivity contribution is -0.671. The van der Waals surface area contributed by atoms with Gasteiger partial charge >= 0.3 is 0 Å². The summed E-state index contributed by atoms with van der Waals surface area (Å²) in [5, 5.41) is 0. The molecule has 82 valence electrons. The Hall–Kier alpha value is -0.920. The second kappa shape index (κ2) is 5.74. The summed E-state index contributed by atoms with van der Waals surface area (Å²) in [5.74, 6) is 0. The minimum absolute atomic E-state index is 1.13. The van der Waals surface area contributed by atoms with Gasteiger partial charge in [-0.05, 0) is 6.42 Å². The van der Waals surface area contributed by atoms with Crippen LogP contribution in [-0.4, -0.2) is 22.1 Å². The standard InChI is InChI=1S/C7H13N2.H2O4S/c1-3-4-9-6-5-8(2)7-9;1-5(2,3)4/h5-7H,3-4H2,1-2H3;(H2,1,2,3,4)/q+1;/p-1. The molecule has 0 aliphatic rings. The lowest BCUT2D eigenvalue weighted by Crippen LogP contribution is -2.23. The smallest absolute Gasteiger partial charge is 0.243 e. The largest absolute Gasteiger partial charge is 0.726 e. The first-order valence-electron chi connectivity index (χ1n) is 4.02. The summed E-state index contributed by atoms with van der Waals surface area (Å²) in [6.07, 6.45) is 7.43. The van der Waals surface area contributed by atoms with E-state index in [1.54, 1.807) is 0 Å². The molecule has 14 heavy (non-hydrogen) atoms. The van der Waals surface area contributed by atoms with Crippen LogP contribution in [0.5, 0.6) is 0 Å². The highest BCUT2D eigenvalue weighted by atomic mass is 32.3. The van der Waals surface area contributed by atoms with E-state index in [1.807, 2.05) is 7.05 Å². The van der Waals surface area contributed by atoms with Crippen molar-refractivity contribution in [3.05, 3.63) is 18.7 Å². The zero-order chi connectivity index (χ0) is 11.2. The van der Waals surface area contributed by atoms with E-state index >= 15 is 0 Å². The third-order valence-electron chi connectivity index (χ3n) is 1.31.